The molecule has 0 spiro atoms. The van der Waals surface area contributed by atoms with Gasteiger partial charge in [-0.25, -0.2) is 13.6 Å². The van der Waals surface area contributed by atoms with Crippen molar-refractivity contribution in [3.63, 3.8) is 0 Å². The summed E-state index contributed by atoms with van der Waals surface area (Å²) in [6, 6.07) is 14.7. The van der Waals surface area contributed by atoms with Gasteiger partial charge in [0.1, 0.15) is 5.75 Å². The van der Waals surface area contributed by atoms with E-state index in [1.165, 1.54) is 61.2 Å². The van der Waals surface area contributed by atoms with Crippen molar-refractivity contribution < 1.29 is 62.9 Å². The molecule has 292 valence electrons. The Kier molecular flexibility index (Phi) is 14.7. The highest BCUT2D eigenvalue weighted by Gasteiger charge is 2.36. The van der Waals surface area contributed by atoms with Crippen molar-refractivity contribution in [2.24, 2.45) is 0 Å². The molecule has 0 unspecified atom stereocenters. The van der Waals surface area contributed by atoms with Crippen LogP contribution in [-0.4, -0.2) is 29.2 Å². The first kappa shape index (κ1) is 43.2. The quantitative estimate of drug-likeness (QED) is 0.0690. The van der Waals surface area contributed by atoms with Crippen LogP contribution in [0.5, 0.6) is 5.75 Å². The van der Waals surface area contributed by atoms with Gasteiger partial charge in [0.25, 0.3) is 6.43 Å². The van der Waals surface area contributed by atoms with Gasteiger partial charge in [0, 0.05) is 25.1 Å². The molecule has 54 heavy (non-hydrogen) atoms. The van der Waals surface area contributed by atoms with Crippen LogP contribution in [0.25, 0.3) is 0 Å². The van der Waals surface area contributed by atoms with Crippen molar-refractivity contribution in [2.45, 2.75) is 77.1 Å². The highest BCUT2D eigenvalue weighted by atomic mass is 32.2. The largest absolute Gasteiger partial charge is 0.481 e. The molecule has 0 aromatic heterocycles. The average molecular weight is 829 g/mol. The topological polar surface area (TPSA) is 46.5 Å². The van der Waals surface area contributed by atoms with Gasteiger partial charge < -0.3 is 9.84 Å². The number of hydrogen-bond acceptors (Lipinski definition) is 5. The molecule has 4 rings (SSSR count). The maximum atomic E-state index is 14.2. The third-order valence-corrected chi connectivity index (χ3v) is 11.1. The number of aliphatic carboxylic acids is 1. The number of carbonyl (C=O) groups is 1. The minimum Gasteiger partial charge on any atom is -0.481 e. The summed E-state index contributed by atoms with van der Waals surface area (Å²) < 4.78 is 156. The maximum absolute atomic E-state index is 14.2. The normalized spacial score (nSPS) is 12.4. The second-order valence-corrected chi connectivity index (χ2v) is 15.2. The fourth-order valence-electron chi connectivity index (χ4n) is 5.19. The fraction of sp³-hybridized carbons (Fsp3) is 0.324. The lowest BCUT2D eigenvalue weighted by molar-refractivity contribution is -0.143. The van der Waals surface area contributed by atoms with Gasteiger partial charge in [-0.2, -0.15) is 39.5 Å². The molecule has 4 aromatic carbocycles. The van der Waals surface area contributed by atoms with Gasteiger partial charge in [0.2, 0.25) is 0 Å². The zero-order valence-electron chi connectivity index (χ0n) is 28.1. The Morgan fingerprint density at radius 3 is 1.72 bits per heavy atom. The molecule has 0 aliphatic rings. The van der Waals surface area contributed by atoms with E-state index in [-0.39, 0.29) is 44.4 Å². The van der Waals surface area contributed by atoms with Gasteiger partial charge in [-0.3, -0.25) is 0 Å². The van der Waals surface area contributed by atoms with Gasteiger partial charge in [0.05, 0.1) is 16.7 Å². The van der Waals surface area contributed by atoms with E-state index in [0.29, 0.717) is 40.8 Å². The molecule has 0 heterocycles. The molecule has 3 nitrogen and oxygen atoms in total. The number of aryl methyl sites for hydroxylation is 3. The lowest BCUT2D eigenvalue weighted by Gasteiger charge is -2.17. The van der Waals surface area contributed by atoms with Crippen LogP contribution < -0.4 is 4.74 Å². The second-order valence-electron chi connectivity index (χ2n) is 11.8. The third kappa shape index (κ3) is 12.5. The van der Waals surface area contributed by atoms with Crippen LogP contribution in [-0.2, 0) is 36.2 Å². The Morgan fingerprint density at radius 1 is 0.667 bits per heavy atom. The molecule has 0 atom stereocenters. The molecule has 0 radical (unpaired) electrons. The van der Waals surface area contributed by atoms with Crippen LogP contribution in [0.3, 0.4) is 0 Å². The van der Waals surface area contributed by atoms with Crippen molar-refractivity contribution in [3.8, 4) is 5.75 Å². The lowest BCUT2D eigenvalue weighted by atomic mass is 10.1. The summed E-state index contributed by atoms with van der Waals surface area (Å²) in [7, 11) is 0. The zero-order chi connectivity index (χ0) is 39.8. The van der Waals surface area contributed by atoms with E-state index >= 15 is 0 Å². The van der Waals surface area contributed by atoms with Crippen molar-refractivity contribution in [1.82, 2.24) is 0 Å². The summed E-state index contributed by atoms with van der Waals surface area (Å²) in [6.07, 6.45) is -16.0. The standard InChI is InChI=1S/C37H31F11O3S3/c1-21-6-9-24(18-27(21)35(40,41)42)52-14-2-4-22-7-12-31(26(16-22)34(38)39)54-32-13-8-23(17-29(32)37(46,47)48)5-3-15-53-25-10-11-30(51-20-33(49)50)28(19-25)36(43,44)45/h6-13,16-19,34H,2-5,14-15,20H2,1H3,(H,49,50). The maximum Gasteiger partial charge on any atom is 0.420 e. The highest BCUT2D eigenvalue weighted by molar-refractivity contribution is 7.99. The molecular formula is C37H31F11O3S3. The first-order valence-corrected chi connectivity index (χ1v) is 18.8. The van der Waals surface area contributed by atoms with Crippen molar-refractivity contribution >= 4 is 41.3 Å². The Balaban J connectivity index is 1.39. The number of benzene rings is 4. The number of carboxylic acids is 1. The van der Waals surface area contributed by atoms with Crippen LogP contribution in [0.4, 0.5) is 48.3 Å². The minimum atomic E-state index is -4.83. The third-order valence-electron chi connectivity index (χ3n) is 7.76. The van der Waals surface area contributed by atoms with Gasteiger partial charge in [-0.1, -0.05) is 30.0 Å². The van der Waals surface area contributed by atoms with E-state index in [2.05, 4.69) is 0 Å². The van der Waals surface area contributed by atoms with Gasteiger partial charge in [-0.15, -0.1) is 23.5 Å². The van der Waals surface area contributed by atoms with Crippen molar-refractivity contribution in [2.75, 3.05) is 18.1 Å². The summed E-state index contributed by atoms with van der Waals surface area (Å²) in [5.74, 6) is -1.47. The number of hydrogen-bond donors (Lipinski definition) is 1. The van der Waals surface area contributed by atoms with Crippen LogP contribution >= 0.6 is 35.3 Å². The number of ether oxygens (including phenoxy) is 1. The van der Waals surface area contributed by atoms with Crippen LogP contribution in [0.1, 0.15) is 58.2 Å². The predicted molar refractivity (Wildman–Crippen MR) is 186 cm³/mol. The molecule has 0 saturated heterocycles. The van der Waals surface area contributed by atoms with E-state index in [1.807, 2.05) is 0 Å². The van der Waals surface area contributed by atoms with E-state index in [9.17, 15) is 53.1 Å². The first-order valence-electron chi connectivity index (χ1n) is 16.0. The SMILES string of the molecule is Cc1ccc(SCCCc2ccc(Sc3ccc(CCCSc4ccc(OCC(=O)O)c(C(F)(F)F)c4)cc3C(F)(F)F)c(C(F)F)c2)cc1C(F)(F)F. The Hall–Kier alpha value is -3.57. The van der Waals surface area contributed by atoms with Gasteiger partial charge in [-0.05, 0) is 115 Å². The molecule has 4 aromatic rings. The molecule has 0 bridgehead atoms. The number of rotatable bonds is 16. The molecule has 1 N–H and O–H groups in total. The Labute approximate surface area is 316 Å². The summed E-state index contributed by atoms with van der Waals surface area (Å²) in [6.45, 7) is 0.396. The van der Waals surface area contributed by atoms with E-state index in [1.54, 1.807) is 6.07 Å². The molecule has 0 aliphatic carbocycles. The Bertz CT molecular complexity index is 1910. The first-order chi connectivity index (χ1) is 25.2. The van der Waals surface area contributed by atoms with Crippen LogP contribution in [0.15, 0.2) is 92.4 Å². The molecule has 17 heteroatoms. The molecule has 0 saturated carbocycles. The predicted octanol–water partition coefficient (Wildman–Crippen LogP) is 13.1. The zero-order valence-corrected chi connectivity index (χ0v) is 30.6. The summed E-state index contributed by atoms with van der Waals surface area (Å²) >= 11 is 2.76. The molecule has 0 aliphatic heterocycles. The molecule has 0 fully saturated rings. The smallest absolute Gasteiger partial charge is 0.420 e. The summed E-state index contributed by atoms with van der Waals surface area (Å²) in [5.41, 5.74) is -2.51. The number of thioether (sulfide) groups is 2. The van der Waals surface area contributed by atoms with Crippen molar-refractivity contribution in [3.05, 3.63) is 112 Å². The van der Waals surface area contributed by atoms with Gasteiger partial charge >= 0.3 is 24.5 Å². The van der Waals surface area contributed by atoms with Crippen LogP contribution in [0.2, 0.25) is 0 Å². The van der Waals surface area contributed by atoms with Crippen LogP contribution in [0, 0.1) is 6.92 Å². The summed E-state index contributed by atoms with van der Waals surface area (Å²) in [5, 5.41) is 8.70. The molecule has 0 amide bonds. The van der Waals surface area contributed by atoms with Crippen molar-refractivity contribution in [1.29, 1.82) is 0 Å². The van der Waals surface area contributed by atoms with Gasteiger partial charge in [0.15, 0.2) is 6.61 Å². The summed E-state index contributed by atoms with van der Waals surface area (Å²) in [4.78, 5) is 10.9. The average Bonchev–Trinajstić information content (AvgIpc) is 3.08. The van der Waals surface area contributed by atoms with E-state index < -0.39 is 65.5 Å². The Morgan fingerprint density at radius 2 is 1.19 bits per heavy atom. The van der Waals surface area contributed by atoms with E-state index in [0.717, 1.165) is 36.0 Å². The highest BCUT2D eigenvalue weighted by Crippen LogP contribution is 2.44. The fourth-order valence-corrected chi connectivity index (χ4v) is 8.03. The lowest BCUT2D eigenvalue weighted by Crippen LogP contribution is -2.14. The van der Waals surface area contributed by atoms with E-state index in [4.69, 9.17) is 9.84 Å². The molecular weight excluding hydrogens is 798 g/mol. The minimum absolute atomic E-state index is 0.0743. The number of carboxylic acid groups (broad SMARTS) is 1. The second kappa shape index (κ2) is 18.4. The number of halogens is 11. The monoisotopic (exact) mass is 828 g/mol. The number of alkyl halides is 11.